The van der Waals surface area contributed by atoms with Crippen LogP contribution in [0, 0.1) is 5.92 Å². The number of amides is 1. The lowest BCUT2D eigenvalue weighted by Gasteiger charge is -2.39. The lowest BCUT2D eigenvalue weighted by molar-refractivity contribution is -0.159. The van der Waals surface area contributed by atoms with Gasteiger partial charge in [0.2, 0.25) is 5.91 Å². The molecule has 0 aliphatic carbocycles. The summed E-state index contributed by atoms with van der Waals surface area (Å²) in [5.74, 6) is -1.10. The lowest BCUT2D eigenvalue weighted by atomic mass is 9.81. The molecule has 0 spiro atoms. The minimum Gasteiger partial charge on any atom is -0.479 e. The Morgan fingerprint density at radius 1 is 1.26 bits per heavy atom. The molecular weight excluding hydrogens is 242 g/mol. The number of carboxylic acid groups (broad SMARTS) is 1. The molecule has 1 aromatic carbocycles. The van der Waals surface area contributed by atoms with Gasteiger partial charge in [-0.05, 0) is 17.9 Å². The Hall–Kier alpha value is -1.84. The summed E-state index contributed by atoms with van der Waals surface area (Å²) in [5.41, 5.74) is -0.671. The SMILES string of the molecule is CC(=O)N(C)C(CC(C)C)(C(=O)O)c1ccccc1. The van der Waals surface area contributed by atoms with Crippen molar-refractivity contribution in [3.8, 4) is 0 Å². The first-order valence-corrected chi connectivity index (χ1v) is 6.35. The van der Waals surface area contributed by atoms with Crippen molar-refractivity contribution < 1.29 is 14.7 Å². The normalized spacial score (nSPS) is 13.9. The highest BCUT2D eigenvalue weighted by Crippen LogP contribution is 2.34. The third-order valence-corrected chi connectivity index (χ3v) is 3.35. The van der Waals surface area contributed by atoms with Crippen LogP contribution in [0.15, 0.2) is 30.3 Å². The van der Waals surface area contributed by atoms with Crippen LogP contribution in [0.5, 0.6) is 0 Å². The van der Waals surface area contributed by atoms with Crippen molar-refractivity contribution in [1.29, 1.82) is 0 Å². The maximum Gasteiger partial charge on any atom is 0.334 e. The van der Waals surface area contributed by atoms with E-state index >= 15 is 0 Å². The Balaban J connectivity index is 3.44. The summed E-state index contributed by atoms with van der Waals surface area (Å²) in [5, 5.41) is 9.75. The first-order chi connectivity index (χ1) is 8.82. The second-order valence-electron chi connectivity index (χ2n) is 5.21. The molecule has 1 amide bonds. The number of rotatable bonds is 5. The summed E-state index contributed by atoms with van der Waals surface area (Å²) >= 11 is 0. The van der Waals surface area contributed by atoms with Crippen molar-refractivity contribution >= 4 is 11.9 Å². The smallest absolute Gasteiger partial charge is 0.334 e. The molecule has 0 aliphatic rings. The zero-order valence-corrected chi connectivity index (χ0v) is 11.9. The molecule has 1 atom stereocenters. The van der Waals surface area contributed by atoms with Gasteiger partial charge in [0, 0.05) is 14.0 Å². The first kappa shape index (κ1) is 15.2. The molecule has 0 radical (unpaired) electrons. The Morgan fingerprint density at radius 3 is 2.16 bits per heavy atom. The summed E-state index contributed by atoms with van der Waals surface area (Å²) < 4.78 is 0. The molecule has 0 saturated heterocycles. The Kier molecular flexibility index (Phi) is 4.70. The van der Waals surface area contributed by atoms with E-state index < -0.39 is 11.5 Å². The highest BCUT2D eigenvalue weighted by atomic mass is 16.4. The Bertz CT molecular complexity index is 456. The van der Waals surface area contributed by atoms with E-state index in [0.717, 1.165) is 0 Å². The van der Waals surface area contributed by atoms with Gasteiger partial charge in [0.05, 0.1) is 0 Å². The highest BCUT2D eigenvalue weighted by Gasteiger charge is 2.45. The summed E-state index contributed by atoms with van der Waals surface area (Å²) in [6, 6.07) is 8.94. The average molecular weight is 263 g/mol. The maximum absolute atomic E-state index is 11.9. The molecule has 4 nitrogen and oxygen atoms in total. The monoisotopic (exact) mass is 263 g/mol. The molecule has 4 heteroatoms. The zero-order valence-electron chi connectivity index (χ0n) is 11.9. The van der Waals surface area contributed by atoms with Gasteiger partial charge >= 0.3 is 5.97 Å². The van der Waals surface area contributed by atoms with Crippen LogP contribution >= 0.6 is 0 Å². The molecule has 0 heterocycles. The van der Waals surface area contributed by atoms with Gasteiger partial charge in [-0.3, -0.25) is 4.79 Å². The fourth-order valence-corrected chi connectivity index (χ4v) is 2.38. The number of carboxylic acids is 1. The summed E-state index contributed by atoms with van der Waals surface area (Å²) in [4.78, 5) is 24.9. The van der Waals surface area contributed by atoms with Gasteiger partial charge in [0.25, 0.3) is 0 Å². The molecule has 0 saturated carbocycles. The van der Waals surface area contributed by atoms with E-state index in [-0.39, 0.29) is 11.8 Å². The van der Waals surface area contributed by atoms with E-state index in [1.54, 1.807) is 31.3 Å². The van der Waals surface area contributed by atoms with Gasteiger partial charge in [-0.25, -0.2) is 4.79 Å². The number of carbonyl (C=O) groups is 2. The molecular formula is C15H21NO3. The van der Waals surface area contributed by atoms with Crippen LogP contribution in [-0.2, 0) is 15.1 Å². The van der Waals surface area contributed by atoms with Gasteiger partial charge in [-0.2, -0.15) is 0 Å². The predicted molar refractivity (Wildman–Crippen MR) is 73.7 cm³/mol. The van der Waals surface area contributed by atoms with Crippen molar-refractivity contribution in [1.82, 2.24) is 4.90 Å². The predicted octanol–water partition coefficient (Wildman–Crippen LogP) is 2.49. The van der Waals surface area contributed by atoms with Crippen LogP contribution in [0.1, 0.15) is 32.8 Å². The fourth-order valence-electron chi connectivity index (χ4n) is 2.38. The number of hydrogen-bond donors (Lipinski definition) is 1. The standard InChI is InChI=1S/C15H21NO3/c1-11(2)10-15(14(18)19,16(4)12(3)17)13-8-6-5-7-9-13/h5-9,11H,10H2,1-4H3,(H,18,19). The number of hydrogen-bond acceptors (Lipinski definition) is 2. The third-order valence-electron chi connectivity index (χ3n) is 3.35. The Labute approximate surface area is 114 Å². The number of benzene rings is 1. The van der Waals surface area contributed by atoms with Gasteiger partial charge in [-0.15, -0.1) is 0 Å². The van der Waals surface area contributed by atoms with Crippen molar-refractivity contribution in [3.05, 3.63) is 35.9 Å². The molecule has 1 aromatic rings. The van der Waals surface area contributed by atoms with Crippen LogP contribution in [0.4, 0.5) is 0 Å². The lowest BCUT2D eigenvalue weighted by Crippen LogP contribution is -2.52. The molecule has 0 aliphatic heterocycles. The quantitative estimate of drug-likeness (QED) is 0.888. The second-order valence-corrected chi connectivity index (χ2v) is 5.21. The van der Waals surface area contributed by atoms with Crippen LogP contribution < -0.4 is 0 Å². The van der Waals surface area contributed by atoms with Gasteiger partial charge < -0.3 is 10.0 Å². The topological polar surface area (TPSA) is 57.6 Å². The fraction of sp³-hybridized carbons (Fsp3) is 0.467. The molecule has 0 aromatic heterocycles. The van der Waals surface area contributed by atoms with E-state index in [1.807, 2.05) is 19.9 Å². The van der Waals surface area contributed by atoms with Crippen LogP contribution in [-0.4, -0.2) is 28.9 Å². The minimum atomic E-state index is -1.30. The van der Waals surface area contributed by atoms with Crippen LogP contribution in [0.25, 0.3) is 0 Å². The molecule has 0 bridgehead atoms. The van der Waals surface area contributed by atoms with Gasteiger partial charge in [-0.1, -0.05) is 44.2 Å². The van der Waals surface area contributed by atoms with Crippen molar-refractivity contribution in [2.24, 2.45) is 5.92 Å². The molecule has 1 unspecified atom stereocenters. The molecule has 1 N–H and O–H groups in total. The number of nitrogens with zero attached hydrogens (tertiary/aromatic N) is 1. The summed E-state index contributed by atoms with van der Waals surface area (Å²) in [6.45, 7) is 5.30. The molecule has 104 valence electrons. The van der Waals surface area contributed by atoms with Crippen molar-refractivity contribution in [2.45, 2.75) is 32.7 Å². The third kappa shape index (κ3) is 2.95. The maximum atomic E-state index is 11.9. The molecule has 0 fully saturated rings. The number of likely N-dealkylation sites (N-methyl/N-ethyl adjacent to an activating group) is 1. The van der Waals surface area contributed by atoms with E-state index in [1.165, 1.54) is 11.8 Å². The summed E-state index contributed by atoms with van der Waals surface area (Å²) in [7, 11) is 1.55. The second kappa shape index (κ2) is 5.87. The minimum absolute atomic E-state index is 0.151. The average Bonchev–Trinajstić information content (AvgIpc) is 2.35. The van der Waals surface area contributed by atoms with Crippen LogP contribution in [0.2, 0.25) is 0 Å². The van der Waals surface area contributed by atoms with E-state index in [2.05, 4.69) is 0 Å². The van der Waals surface area contributed by atoms with Gasteiger partial charge in [0.1, 0.15) is 0 Å². The van der Waals surface area contributed by atoms with E-state index in [4.69, 9.17) is 0 Å². The molecule has 19 heavy (non-hydrogen) atoms. The zero-order chi connectivity index (χ0) is 14.6. The largest absolute Gasteiger partial charge is 0.479 e. The summed E-state index contributed by atoms with van der Waals surface area (Å²) in [6.07, 6.45) is 0.377. The van der Waals surface area contributed by atoms with Crippen molar-refractivity contribution in [3.63, 3.8) is 0 Å². The van der Waals surface area contributed by atoms with E-state index in [9.17, 15) is 14.7 Å². The van der Waals surface area contributed by atoms with Gasteiger partial charge in [0.15, 0.2) is 5.54 Å². The first-order valence-electron chi connectivity index (χ1n) is 6.35. The number of carbonyl (C=O) groups excluding carboxylic acids is 1. The highest BCUT2D eigenvalue weighted by molar-refractivity contribution is 5.87. The number of aliphatic carboxylic acids is 1. The van der Waals surface area contributed by atoms with Crippen molar-refractivity contribution in [2.75, 3.05) is 7.05 Å². The Morgan fingerprint density at radius 2 is 1.79 bits per heavy atom. The van der Waals surface area contributed by atoms with Crippen LogP contribution in [0.3, 0.4) is 0 Å². The molecule has 1 rings (SSSR count). The van der Waals surface area contributed by atoms with E-state index in [0.29, 0.717) is 12.0 Å².